The van der Waals surface area contributed by atoms with Gasteiger partial charge in [-0.2, -0.15) is 0 Å². The Morgan fingerprint density at radius 1 is 0.833 bits per heavy atom. The number of nitrogens with one attached hydrogen (secondary N) is 1. The van der Waals surface area contributed by atoms with Gasteiger partial charge in [-0.1, -0.05) is 26.0 Å². The average Bonchev–Trinajstić information content (AvgIpc) is 2.56. The monoisotopic (exact) mass is 363 g/mol. The van der Waals surface area contributed by atoms with Crippen LogP contribution in [0.25, 0.3) is 11.4 Å². The summed E-state index contributed by atoms with van der Waals surface area (Å²) in [7, 11) is 0. The molecule has 0 saturated carbocycles. The first-order valence-electron chi connectivity index (χ1n) is 7.19. The zero-order chi connectivity index (χ0) is 15.4. The van der Waals surface area contributed by atoms with E-state index in [1.54, 1.807) is 18.6 Å². The second-order valence-corrected chi connectivity index (χ2v) is 5.26. The van der Waals surface area contributed by atoms with Crippen molar-refractivity contribution in [1.29, 1.82) is 0 Å². The molecule has 0 aliphatic rings. The predicted octanol–water partition coefficient (Wildman–Crippen LogP) is 4.64. The van der Waals surface area contributed by atoms with Gasteiger partial charge in [-0.05, 0) is 29.7 Å². The Hall–Kier alpha value is -2.24. The van der Waals surface area contributed by atoms with Gasteiger partial charge in [0.1, 0.15) is 17.3 Å². The fraction of sp³-hybridized carbons (Fsp3) is 0.176. The normalized spacial score (nSPS) is 9.79. The Morgan fingerprint density at radius 3 is 2.29 bits per heavy atom. The van der Waals surface area contributed by atoms with Crippen LogP contribution in [-0.4, -0.2) is 19.9 Å². The minimum Gasteiger partial charge on any atom is -0.325 e. The number of rotatable bonds is 4. The number of anilines is 2. The summed E-state index contributed by atoms with van der Waals surface area (Å²) in [6.45, 7) is 4.30. The van der Waals surface area contributed by atoms with Crippen molar-refractivity contribution in [1.82, 2.24) is 19.9 Å². The maximum absolute atomic E-state index is 4.54. The van der Waals surface area contributed by atoms with Crippen LogP contribution in [0.5, 0.6) is 0 Å². The number of nitrogens with zero attached hydrogens (tertiary/aromatic N) is 4. The van der Waals surface area contributed by atoms with Crippen LogP contribution in [0.15, 0.2) is 55.1 Å². The minimum atomic E-state index is 0. The lowest BCUT2D eigenvalue weighted by Gasteiger charge is -2.08. The molecule has 7 heteroatoms. The molecule has 3 aromatic rings. The number of halogens is 2. The molecule has 0 aromatic carbocycles. The number of hydrogen-bond acceptors (Lipinski definition) is 5. The second kappa shape index (κ2) is 9.15. The summed E-state index contributed by atoms with van der Waals surface area (Å²) in [4.78, 5) is 17.3. The first kappa shape index (κ1) is 19.8. The first-order chi connectivity index (χ1) is 10.7. The predicted molar refractivity (Wildman–Crippen MR) is 101 cm³/mol. The lowest BCUT2D eigenvalue weighted by molar-refractivity contribution is 0.859. The average molecular weight is 364 g/mol. The molecule has 0 saturated heterocycles. The topological polar surface area (TPSA) is 63.6 Å². The second-order valence-electron chi connectivity index (χ2n) is 5.26. The summed E-state index contributed by atoms with van der Waals surface area (Å²) >= 11 is 0. The van der Waals surface area contributed by atoms with E-state index < -0.39 is 0 Å². The van der Waals surface area contributed by atoms with Gasteiger partial charge >= 0.3 is 0 Å². The van der Waals surface area contributed by atoms with E-state index in [0.717, 1.165) is 23.0 Å². The molecule has 0 spiro atoms. The van der Waals surface area contributed by atoms with Gasteiger partial charge in [0.15, 0.2) is 0 Å². The Morgan fingerprint density at radius 2 is 1.67 bits per heavy atom. The van der Waals surface area contributed by atoms with Crippen LogP contribution in [0, 0.1) is 0 Å². The quantitative estimate of drug-likeness (QED) is 0.730. The van der Waals surface area contributed by atoms with Crippen molar-refractivity contribution in [2.75, 3.05) is 5.32 Å². The molecule has 3 heterocycles. The summed E-state index contributed by atoms with van der Waals surface area (Å²) in [5, 5.41) is 3.21. The van der Waals surface area contributed by atoms with Crippen molar-refractivity contribution in [2.45, 2.75) is 19.8 Å². The zero-order valence-electron chi connectivity index (χ0n) is 13.4. The summed E-state index contributed by atoms with van der Waals surface area (Å²) in [5.41, 5.74) is 2.73. The van der Waals surface area contributed by atoms with Gasteiger partial charge < -0.3 is 5.32 Å². The SMILES string of the molecule is CC(C)c1ccc(Nc2cccc(-c3cnccn3)n2)nc1.Cl.Cl. The molecule has 0 radical (unpaired) electrons. The lowest BCUT2D eigenvalue weighted by atomic mass is 10.1. The molecular formula is C17H19Cl2N5. The zero-order valence-corrected chi connectivity index (χ0v) is 15.0. The van der Waals surface area contributed by atoms with Gasteiger partial charge in [-0.3, -0.25) is 9.97 Å². The third-order valence-corrected chi connectivity index (χ3v) is 3.28. The summed E-state index contributed by atoms with van der Waals surface area (Å²) in [6, 6.07) is 9.78. The van der Waals surface area contributed by atoms with E-state index in [2.05, 4.69) is 45.2 Å². The fourth-order valence-electron chi connectivity index (χ4n) is 2.03. The Bertz CT molecular complexity index is 748. The molecule has 0 fully saturated rings. The third kappa shape index (κ3) is 4.88. The van der Waals surface area contributed by atoms with Crippen molar-refractivity contribution in [3.05, 3.63) is 60.7 Å². The van der Waals surface area contributed by atoms with Crippen LogP contribution < -0.4 is 5.32 Å². The first-order valence-corrected chi connectivity index (χ1v) is 7.19. The Kier molecular flexibility index (Phi) is 7.55. The molecule has 3 rings (SSSR count). The van der Waals surface area contributed by atoms with Gasteiger partial charge in [-0.15, -0.1) is 24.8 Å². The van der Waals surface area contributed by atoms with Crippen LogP contribution in [0.1, 0.15) is 25.3 Å². The molecule has 5 nitrogen and oxygen atoms in total. The molecule has 0 bridgehead atoms. The highest BCUT2D eigenvalue weighted by atomic mass is 35.5. The van der Waals surface area contributed by atoms with Crippen molar-refractivity contribution in [3.8, 4) is 11.4 Å². The Balaban J connectivity index is 0.00000144. The standard InChI is InChI=1S/C17H17N5.2ClH/c1-12(2)13-6-7-16(20-10-13)22-17-5-3-4-14(21-17)15-11-18-8-9-19-15;;/h3-12H,1-2H3,(H,20,21,22);2*1H. The molecule has 24 heavy (non-hydrogen) atoms. The van der Waals surface area contributed by atoms with Crippen molar-refractivity contribution in [2.24, 2.45) is 0 Å². The minimum absolute atomic E-state index is 0. The molecule has 0 aliphatic heterocycles. The lowest BCUT2D eigenvalue weighted by Crippen LogP contribution is -1.98. The molecule has 1 N–H and O–H groups in total. The smallest absolute Gasteiger partial charge is 0.132 e. The van der Waals surface area contributed by atoms with Crippen molar-refractivity contribution >= 4 is 36.4 Å². The maximum atomic E-state index is 4.54. The molecule has 0 aliphatic carbocycles. The van der Waals surface area contributed by atoms with Crippen LogP contribution in [0.2, 0.25) is 0 Å². The van der Waals surface area contributed by atoms with Crippen LogP contribution in [-0.2, 0) is 0 Å². The van der Waals surface area contributed by atoms with Crippen molar-refractivity contribution < 1.29 is 0 Å². The van der Waals surface area contributed by atoms with Crippen LogP contribution >= 0.6 is 24.8 Å². The van der Waals surface area contributed by atoms with Gasteiger partial charge in [0.2, 0.25) is 0 Å². The summed E-state index contributed by atoms with van der Waals surface area (Å²) < 4.78 is 0. The van der Waals surface area contributed by atoms with E-state index >= 15 is 0 Å². The molecule has 3 aromatic heterocycles. The van der Waals surface area contributed by atoms with Crippen molar-refractivity contribution in [3.63, 3.8) is 0 Å². The Labute approximate surface area is 153 Å². The summed E-state index contributed by atoms with van der Waals surface area (Å²) in [6.07, 6.45) is 6.89. The highest BCUT2D eigenvalue weighted by Gasteiger charge is 2.04. The van der Waals surface area contributed by atoms with E-state index in [1.165, 1.54) is 5.56 Å². The largest absolute Gasteiger partial charge is 0.325 e. The van der Waals surface area contributed by atoms with E-state index in [0.29, 0.717) is 5.92 Å². The molecule has 0 unspecified atom stereocenters. The highest BCUT2D eigenvalue weighted by molar-refractivity contribution is 5.85. The molecule has 126 valence electrons. The number of aromatic nitrogens is 4. The van der Waals surface area contributed by atoms with Gasteiger partial charge in [0, 0.05) is 18.6 Å². The van der Waals surface area contributed by atoms with Gasteiger partial charge in [0.05, 0.1) is 11.9 Å². The maximum Gasteiger partial charge on any atom is 0.132 e. The molecular weight excluding hydrogens is 345 g/mol. The molecule has 0 amide bonds. The number of hydrogen-bond donors (Lipinski definition) is 1. The van der Waals surface area contributed by atoms with Gasteiger partial charge in [-0.25, -0.2) is 9.97 Å². The van der Waals surface area contributed by atoms with E-state index in [1.807, 2.05) is 30.5 Å². The summed E-state index contributed by atoms with van der Waals surface area (Å²) in [5.74, 6) is 1.97. The van der Waals surface area contributed by atoms with E-state index in [-0.39, 0.29) is 24.8 Å². The third-order valence-electron chi connectivity index (χ3n) is 3.28. The fourth-order valence-corrected chi connectivity index (χ4v) is 2.03. The number of pyridine rings is 2. The van der Waals surface area contributed by atoms with Crippen LogP contribution in [0.4, 0.5) is 11.6 Å². The highest BCUT2D eigenvalue weighted by Crippen LogP contribution is 2.19. The van der Waals surface area contributed by atoms with E-state index in [9.17, 15) is 0 Å². The molecule has 0 atom stereocenters. The van der Waals surface area contributed by atoms with Gasteiger partial charge in [0.25, 0.3) is 0 Å². The van der Waals surface area contributed by atoms with E-state index in [4.69, 9.17) is 0 Å². The van der Waals surface area contributed by atoms with Crippen LogP contribution in [0.3, 0.4) is 0 Å².